The fourth-order valence-electron chi connectivity index (χ4n) is 3.96. The number of carbonyl (C=O) groups excluding carboxylic acids is 2. The molecule has 3 aliphatic rings. The van der Waals surface area contributed by atoms with Gasteiger partial charge in [-0.3, -0.25) is 9.59 Å². The van der Waals surface area contributed by atoms with Gasteiger partial charge in [0.1, 0.15) is 5.72 Å². The third-order valence-electron chi connectivity index (χ3n) is 5.77. The number of amides is 1. The number of ether oxygens (including phenoxy) is 1. The summed E-state index contributed by atoms with van der Waals surface area (Å²) >= 11 is 0. The lowest BCUT2D eigenvalue weighted by molar-refractivity contribution is -0.315. The molecule has 0 aromatic carbocycles. The molecule has 3 N–H and O–H groups in total. The normalized spacial score (nSPS) is 42.3. The van der Waals surface area contributed by atoms with Crippen molar-refractivity contribution in [1.29, 1.82) is 0 Å². The minimum atomic E-state index is -1.82. The standard InChI is InChI=1S/C16H27N3O4/c1-5-10(4)12-14(21)18-7-6-11(20)13(18)16(22)19(12)8-15(17,23-16)9(2)3/h9-10,12-13,22H,5-8,17H2,1-4H3/t10?,12-,13-,15-,16-/m0/s1. The molecule has 0 saturated carbocycles. The Balaban J connectivity index is 2.08. The Labute approximate surface area is 136 Å². The summed E-state index contributed by atoms with van der Waals surface area (Å²) in [4.78, 5) is 28.4. The van der Waals surface area contributed by atoms with Crippen molar-refractivity contribution < 1.29 is 19.4 Å². The molecule has 1 unspecified atom stereocenters. The number of hydrogen-bond donors (Lipinski definition) is 2. The van der Waals surface area contributed by atoms with E-state index >= 15 is 0 Å². The van der Waals surface area contributed by atoms with Gasteiger partial charge in [0.2, 0.25) is 5.91 Å². The van der Waals surface area contributed by atoms with Crippen molar-refractivity contribution in [3.05, 3.63) is 0 Å². The first-order valence-electron chi connectivity index (χ1n) is 8.47. The zero-order valence-corrected chi connectivity index (χ0v) is 14.3. The highest BCUT2D eigenvalue weighted by atomic mass is 16.7. The van der Waals surface area contributed by atoms with Gasteiger partial charge in [0.15, 0.2) is 11.8 Å². The predicted octanol–water partition coefficient (Wildman–Crippen LogP) is -0.126. The number of fused-ring (bicyclic) bond motifs is 3. The summed E-state index contributed by atoms with van der Waals surface area (Å²) in [6, 6.07) is -1.49. The van der Waals surface area contributed by atoms with Gasteiger partial charge in [0.25, 0.3) is 5.91 Å². The van der Waals surface area contributed by atoms with Gasteiger partial charge in [-0.05, 0) is 11.8 Å². The van der Waals surface area contributed by atoms with Gasteiger partial charge < -0.3 is 20.5 Å². The number of nitrogens with zero attached hydrogens (tertiary/aromatic N) is 2. The topological polar surface area (TPSA) is 96.1 Å². The Morgan fingerprint density at radius 1 is 1.39 bits per heavy atom. The molecule has 7 heteroatoms. The van der Waals surface area contributed by atoms with Crippen LogP contribution in [0, 0.1) is 11.8 Å². The smallest absolute Gasteiger partial charge is 0.259 e. The molecule has 0 aromatic heterocycles. The summed E-state index contributed by atoms with van der Waals surface area (Å²) in [6.45, 7) is 8.39. The van der Waals surface area contributed by atoms with Crippen LogP contribution in [0.1, 0.15) is 40.5 Å². The van der Waals surface area contributed by atoms with E-state index in [9.17, 15) is 14.7 Å². The fraction of sp³-hybridized carbons (Fsp3) is 0.875. The van der Waals surface area contributed by atoms with Crippen LogP contribution < -0.4 is 5.73 Å². The second kappa shape index (κ2) is 5.24. The quantitative estimate of drug-likeness (QED) is 0.751. The van der Waals surface area contributed by atoms with Gasteiger partial charge in [0.05, 0.1) is 6.04 Å². The minimum Gasteiger partial charge on any atom is -0.351 e. The van der Waals surface area contributed by atoms with Crippen LogP contribution >= 0.6 is 0 Å². The Hall–Kier alpha value is -1.02. The number of carbonyl (C=O) groups is 2. The van der Waals surface area contributed by atoms with Crippen molar-refractivity contribution in [2.75, 3.05) is 13.1 Å². The molecule has 0 bridgehead atoms. The highest BCUT2D eigenvalue weighted by molar-refractivity contribution is 5.96. The molecule has 0 radical (unpaired) electrons. The minimum absolute atomic E-state index is 0.0313. The lowest BCUT2D eigenvalue weighted by atomic mass is 9.90. The Kier molecular flexibility index (Phi) is 3.83. The maximum absolute atomic E-state index is 12.9. The lowest BCUT2D eigenvalue weighted by Crippen LogP contribution is -2.72. The summed E-state index contributed by atoms with van der Waals surface area (Å²) in [5.41, 5.74) is 5.28. The highest BCUT2D eigenvalue weighted by Crippen LogP contribution is 2.46. The molecule has 3 saturated heterocycles. The third-order valence-corrected chi connectivity index (χ3v) is 5.77. The summed E-state index contributed by atoms with van der Waals surface area (Å²) < 4.78 is 5.90. The molecule has 3 rings (SSSR count). The van der Waals surface area contributed by atoms with Gasteiger partial charge in [0, 0.05) is 19.5 Å². The Morgan fingerprint density at radius 2 is 2.04 bits per heavy atom. The first-order chi connectivity index (χ1) is 10.7. The van der Waals surface area contributed by atoms with Gasteiger partial charge in [-0.2, -0.15) is 0 Å². The molecule has 1 amide bonds. The van der Waals surface area contributed by atoms with E-state index in [0.717, 1.165) is 6.42 Å². The van der Waals surface area contributed by atoms with E-state index in [2.05, 4.69) is 0 Å². The number of rotatable bonds is 3. The average molecular weight is 325 g/mol. The first-order valence-corrected chi connectivity index (χ1v) is 8.47. The Bertz CT molecular complexity index is 539. The number of hydrogen-bond acceptors (Lipinski definition) is 6. The molecular weight excluding hydrogens is 298 g/mol. The maximum Gasteiger partial charge on any atom is 0.259 e. The van der Waals surface area contributed by atoms with Gasteiger partial charge in [-0.1, -0.05) is 34.1 Å². The van der Waals surface area contributed by atoms with Crippen LogP contribution in [0.2, 0.25) is 0 Å². The zero-order chi connectivity index (χ0) is 17.2. The van der Waals surface area contributed by atoms with Crippen LogP contribution in [0.4, 0.5) is 0 Å². The maximum atomic E-state index is 12.9. The number of aliphatic hydroxyl groups is 1. The SMILES string of the molecule is CCC(C)[C@H]1C(=O)N2CCC(=O)[C@H]2[C@]2(O)O[C@](N)(C(C)C)CN12. The van der Waals surface area contributed by atoms with E-state index in [1.165, 1.54) is 4.90 Å². The van der Waals surface area contributed by atoms with E-state index in [1.54, 1.807) is 4.90 Å². The summed E-state index contributed by atoms with van der Waals surface area (Å²) in [6.07, 6.45) is 1.04. The van der Waals surface area contributed by atoms with E-state index < -0.39 is 23.7 Å². The molecule has 0 aromatic rings. The summed E-state index contributed by atoms with van der Waals surface area (Å²) in [7, 11) is 0. The molecule has 0 spiro atoms. The monoisotopic (exact) mass is 325 g/mol. The first kappa shape index (κ1) is 16.8. The number of ketones is 1. The molecular formula is C16H27N3O4. The van der Waals surface area contributed by atoms with E-state index in [1.807, 2.05) is 27.7 Å². The Morgan fingerprint density at radius 3 is 2.61 bits per heavy atom. The molecule has 23 heavy (non-hydrogen) atoms. The summed E-state index contributed by atoms with van der Waals surface area (Å²) in [5, 5.41) is 11.3. The van der Waals surface area contributed by atoms with Crippen LogP contribution in [0.15, 0.2) is 0 Å². The van der Waals surface area contributed by atoms with Crippen molar-refractivity contribution in [2.45, 2.75) is 64.3 Å². The van der Waals surface area contributed by atoms with Crippen molar-refractivity contribution in [1.82, 2.24) is 9.80 Å². The van der Waals surface area contributed by atoms with Crippen LogP contribution in [0.3, 0.4) is 0 Å². The van der Waals surface area contributed by atoms with E-state index in [-0.39, 0.29) is 36.5 Å². The van der Waals surface area contributed by atoms with Gasteiger partial charge in [-0.25, -0.2) is 4.90 Å². The average Bonchev–Trinajstić information content (AvgIpc) is 2.99. The molecule has 130 valence electrons. The molecule has 3 heterocycles. The molecule has 5 atom stereocenters. The molecule has 0 aliphatic carbocycles. The van der Waals surface area contributed by atoms with Crippen LogP contribution in [-0.4, -0.2) is 63.4 Å². The highest BCUT2D eigenvalue weighted by Gasteiger charge is 2.68. The number of nitrogens with two attached hydrogens (primary N) is 1. The number of piperazine rings is 1. The third kappa shape index (κ3) is 2.17. The van der Waals surface area contributed by atoms with Crippen LogP contribution in [0.25, 0.3) is 0 Å². The molecule has 7 nitrogen and oxygen atoms in total. The van der Waals surface area contributed by atoms with Crippen LogP contribution in [0.5, 0.6) is 0 Å². The van der Waals surface area contributed by atoms with Crippen molar-refractivity contribution in [2.24, 2.45) is 17.6 Å². The molecule has 3 fully saturated rings. The van der Waals surface area contributed by atoms with Crippen molar-refractivity contribution in [3.8, 4) is 0 Å². The second-order valence-corrected chi connectivity index (χ2v) is 7.48. The van der Waals surface area contributed by atoms with Crippen molar-refractivity contribution in [3.63, 3.8) is 0 Å². The largest absolute Gasteiger partial charge is 0.351 e. The van der Waals surface area contributed by atoms with E-state index in [4.69, 9.17) is 10.5 Å². The van der Waals surface area contributed by atoms with Crippen molar-refractivity contribution >= 4 is 11.7 Å². The van der Waals surface area contributed by atoms with Gasteiger partial charge >= 0.3 is 0 Å². The van der Waals surface area contributed by atoms with E-state index in [0.29, 0.717) is 6.54 Å². The fourth-order valence-corrected chi connectivity index (χ4v) is 3.96. The predicted molar refractivity (Wildman–Crippen MR) is 82.9 cm³/mol. The van der Waals surface area contributed by atoms with Crippen LogP contribution in [-0.2, 0) is 14.3 Å². The lowest BCUT2D eigenvalue weighted by Gasteiger charge is -2.49. The summed E-state index contributed by atoms with van der Waals surface area (Å²) in [5.74, 6) is -2.12. The number of Topliss-reactive ketones (excluding diaryl/α,β-unsaturated/α-hetero) is 1. The zero-order valence-electron chi connectivity index (χ0n) is 14.3. The molecule has 3 aliphatic heterocycles. The second-order valence-electron chi connectivity index (χ2n) is 7.48. The van der Waals surface area contributed by atoms with Gasteiger partial charge in [-0.15, -0.1) is 0 Å².